The first-order valence-corrected chi connectivity index (χ1v) is 11.8. The van der Waals surface area contributed by atoms with Crippen molar-refractivity contribution >= 4 is 24.8 Å². The van der Waals surface area contributed by atoms with Crippen molar-refractivity contribution < 1.29 is 36.6 Å². The molecule has 0 spiro atoms. The van der Waals surface area contributed by atoms with E-state index in [1.807, 2.05) is 0 Å². The van der Waals surface area contributed by atoms with Crippen LogP contribution in [0.2, 0.25) is 0 Å². The summed E-state index contributed by atoms with van der Waals surface area (Å²) in [5.74, 6) is -0.325. The molecular weight excluding hydrogens is 488 g/mol. The van der Waals surface area contributed by atoms with Crippen LogP contribution in [0.3, 0.4) is 0 Å². The van der Waals surface area contributed by atoms with Gasteiger partial charge in [0.25, 0.3) is 0 Å². The third-order valence-electron chi connectivity index (χ3n) is 2.31. The fourth-order valence-electron chi connectivity index (χ4n) is 1.21. The minimum absolute atomic E-state index is 0.125. The van der Waals surface area contributed by atoms with Crippen molar-refractivity contribution in [2.24, 2.45) is 5.92 Å². The molecule has 0 saturated heterocycles. The summed E-state index contributed by atoms with van der Waals surface area (Å²) < 4.78 is 0. The molecule has 20 heavy (non-hydrogen) atoms. The molecule has 1 saturated carbocycles. The van der Waals surface area contributed by atoms with Crippen LogP contribution < -0.4 is 0 Å². The second-order valence-corrected chi connectivity index (χ2v) is 7.17. The van der Waals surface area contributed by atoms with Crippen LogP contribution in [-0.2, 0) is 21.3 Å². The van der Waals surface area contributed by atoms with E-state index in [2.05, 4.69) is 6.92 Å². The number of aliphatic hydroxyl groups is 2. The predicted octanol–water partition coefficient (Wildman–Crippen LogP) is 3.26. The van der Waals surface area contributed by atoms with E-state index in [9.17, 15) is 4.79 Å². The molecule has 2 atom stereocenters. The number of halogens is 2. The third kappa shape index (κ3) is 27.0. The molecule has 126 valence electrons. The number of hydrogen-bond acceptors (Lipinski definition) is 3. The summed E-state index contributed by atoms with van der Waals surface area (Å²) in [4.78, 5) is 9.37. The molecule has 0 aromatic rings. The molecule has 0 amide bonds. The number of hydrogen-bond donors (Lipinski definition) is 3. The van der Waals surface area contributed by atoms with Gasteiger partial charge in [-0.25, -0.2) is 0 Å². The van der Waals surface area contributed by atoms with Gasteiger partial charge in [-0.2, -0.15) is 12.0 Å². The molecule has 5 nitrogen and oxygen atoms in total. The molecule has 0 aromatic carbocycles. The van der Waals surface area contributed by atoms with E-state index in [1.54, 1.807) is 6.92 Å². The van der Waals surface area contributed by atoms with Gasteiger partial charge in [-0.15, -0.1) is 0 Å². The van der Waals surface area contributed by atoms with Crippen LogP contribution in [0.1, 0.15) is 39.0 Å². The van der Waals surface area contributed by atoms with E-state index in [0.717, 1.165) is 6.42 Å². The number of carboxylic acids is 1. The van der Waals surface area contributed by atoms with E-state index in [4.69, 9.17) is 39.9 Å². The van der Waals surface area contributed by atoms with Gasteiger partial charge in [-0.1, -0.05) is 32.6 Å². The number of nitrogens with one attached hydrogen (secondary N) is 1. The summed E-state index contributed by atoms with van der Waals surface area (Å²) in [6.07, 6.45) is 5.02. The summed E-state index contributed by atoms with van der Waals surface area (Å²) >= 11 is -0.472. The van der Waals surface area contributed by atoms with Gasteiger partial charge in [0, 0.05) is 6.42 Å². The number of carbonyl (C=O) groups is 1. The summed E-state index contributed by atoms with van der Waals surface area (Å²) in [5.41, 5.74) is 7.42. The molecule has 1 rings (SSSR count). The maximum atomic E-state index is 9.37. The minimum atomic E-state index is -0.745. The van der Waals surface area contributed by atoms with Gasteiger partial charge in [0.2, 0.25) is 0 Å². The third-order valence-corrected chi connectivity index (χ3v) is 2.31. The molecule has 1 aliphatic rings. The van der Waals surface area contributed by atoms with Crippen molar-refractivity contribution in [3.8, 4) is 0 Å². The second kappa shape index (κ2) is 21.9. The Labute approximate surface area is 138 Å². The summed E-state index contributed by atoms with van der Waals surface area (Å²) in [6, 6.07) is 0.142. The van der Waals surface area contributed by atoms with Crippen LogP contribution in [0.4, 0.5) is 0 Å². The van der Waals surface area contributed by atoms with Crippen LogP contribution in [0, 0.1) is 12.8 Å². The number of aliphatic hydroxyl groups excluding tert-OH is 2. The van der Waals surface area contributed by atoms with Gasteiger partial charge in [-0.3, -0.25) is 4.79 Å². The zero-order valence-electron chi connectivity index (χ0n) is 11.6. The monoisotopic (exact) mass is 512 g/mol. The molecule has 0 radical (unpaired) electrons. The Morgan fingerprint density at radius 3 is 1.80 bits per heavy atom. The van der Waals surface area contributed by atoms with Gasteiger partial charge in [0.05, 0.1) is 13.2 Å². The summed E-state index contributed by atoms with van der Waals surface area (Å²) in [7, 11) is 9.75. The van der Waals surface area contributed by atoms with E-state index < -0.39 is 22.5 Å². The first-order chi connectivity index (χ1) is 9.40. The quantitative estimate of drug-likeness (QED) is 0.494. The Hall–Kier alpha value is 0.618. The average Bonchev–Trinajstić information content (AvgIpc) is 2.44. The topological polar surface area (TPSA) is 102 Å². The molecule has 0 heterocycles. The second-order valence-electron chi connectivity index (χ2n) is 3.89. The zero-order chi connectivity index (χ0) is 16.4. The van der Waals surface area contributed by atoms with Crippen LogP contribution in [0.5, 0.6) is 0 Å². The zero-order valence-corrected chi connectivity index (χ0v) is 15.4. The van der Waals surface area contributed by atoms with Crippen LogP contribution >= 0.6 is 18.8 Å². The first-order valence-electron chi connectivity index (χ1n) is 6.21. The van der Waals surface area contributed by atoms with Gasteiger partial charge in [0.1, 0.15) is 0 Å². The normalized spacial score (nSPS) is 20.4. The SMILES string of the molecule is CCC(=O)O.OCCO.[CH2-][C@@H]1CCCC[C@H]1[NH-].[Cl][Pt+2][Cl]. The van der Waals surface area contributed by atoms with Crippen molar-refractivity contribution in [3.05, 3.63) is 12.7 Å². The average molecular weight is 513 g/mol. The van der Waals surface area contributed by atoms with Crippen LogP contribution in [0.15, 0.2) is 0 Å². The van der Waals surface area contributed by atoms with Crippen LogP contribution in [0.25, 0.3) is 5.73 Å². The van der Waals surface area contributed by atoms with E-state index in [1.165, 1.54) is 19.3 Å². The number of carboxylic acid groups (broad SMARTS) is 1. The van der Waals surface area contributed by atoms with Crippen molar-refractivity contribution in [3.63, 3.8) is 0 Å². The molecule has 0 aromatic heterocycles. The number of aliphatic carboxylic acids is 1. The Kier molecular flexibility index (Phi) is 28.0. The van der Waals surface area contributed by atoms with Gasteiger partial charge < -0.3 is 28.0 Å². The Morgan fingerprint density at radius 1 is 1.30 bits per heavy atom. The van der Waals surface area contributed by atoms with Crippen LogP contribution in [-0.4, -0.2) is 40.5 Å². The molecule has 1 aliphatic carbocycles. The van der Waals surface area contributed by atoms with Crippen molar-refractivity contribution in [2.75, 3.05) is 13.2 Å². The fraction of sp³-hybridized carbons (Fsp3) is 0.833. The predicted molar refractivity (Wildman–Crippen MR) is 79.2 cm³/mol. The Balaban J connectivity index is -0.000000211. The van der Waals surface area contributed by atoms with E-state index in [0.29, 0.717) is 5.92 Å². The molecular formula is C12H25Cl2NO4Pt. The molecule has 0 aliphatic heterocycles. The standard InChI is InChI=1S/C7H13N.C3H6O2.C2H6O2.2ClH.Pt/c1-6-4-2-3-5-7(6)8;1-2-3(4)5;3-1-2-4;;;/h6-8H,1-5H2;2H2,1H3,(H,4,5);3-4H,1-2H2;2*1H;/q-2;;;;;+4/p-2/t6-,7-;;;;;/m1...../s1. The Morgan fingerprint density at radius 2 is 1.65 bits per heavy atom. The van der Waals surface area contributed by atoms with Crippen molar-refractivity contribution in [1.82, 2.24) is 0 Å². The number of rotatable bonds is 2. The molecule has 0 unspecified atom stereocenters. The summed E-state index contributed by atoms with van der Waals surface area (Å²) in [6.45, 7) is 5.24. The summed E-state index contributed by atoms with van der Waals surface area (Å²) in [5, 5.41) is 23.0. The molecule has 4 N–H and O–H groups in total. The van der Waals surface area contributed by atoms with Crippen molar-refractivity contribution in [1.29, 1.82) is 0 Å². The Bertz CT molecular complexity index is 190. The van der Waals surface area contributed by atoms with Gasteiger partial charge >= 0.3 is 41.3 Å². The van der Waals surface area contributed by atoms with Gasteiger partial charge in [0.15, 0.2) is 0 Å². The van der Waals surface area contributed by atoms with Crippen molar-refractivity contribution in [2.45, 2.75) is 45.1 Å². The molecule has 1 fully saturated rings. The maximum absolute atomic E-state index is 9.37. The molecule has 8 heteroatoms. The van der Waals surface area contributed by atoms with E-state index >= 15 is 0 Å². The molecule has 0 bridgehead atoms. The first kappa shape index (κ1) is 25.6. The van der Waals surface area contributed by atoms with Gasteiger partial charge in [-0.05, 0) is 0 Å². The van der Waals surface area contributed by atoms with E-state index in [-0.39, 0.29) is 25.7 Å². The fourth-order valence-corrected chi connectivity index (χ4v) is 1.21.